The topological polar surface area (TPSA) is 121 Å². The maximum absolute atomic E-state index is 11.3. The molecule has 1 aliphatic rings. The number of allylic oxidation sites excluding steroid dienone is 2. The summed E-state index contributed by atoms with van der Waals surface area (Å²) in [5.74, 6) is -1.84. The number of hydrogen-bond acceptors (Lipinski definition) is 5. The van der Waals surface area contributed by atoms with Gasteiger partial charge in [0.25, 0.3) is 0 Å². The van der Waals surface area contributed by atoms with E-state index in [1.165, 1.54) is 0 Å². The lowest BCUT2D eigenvalue weighted by atomic mass is 9.94. The first kappa shape index (κ1) is 20.8. The van der Waals surface area contributed by atoms with Crippen LogP contribution >= 0.6 is 0 Å². The minimum absolute atomic E-state index is 0.219. The Morgan fingerprint density at radius 2 is 1.93 bits per heavy atom. The van der Waals surface area contributed by atoms with Crippen molar-refractivity contribution in [1.82, 2.24) is 0 Å². The molecule has 0 aliphatic carbocycles. The van der Waals surface area contributed by atoms with Gasteiger partial charge >= 0.3 is 5.97 Å². The molecule has 7 nitrogen and oxygen atoms in total. The SMILES string of the molecule is CCOC(C[N+]1=CC(=C(C#N)c2ccc(C(C#N)C#N)cc2)CCC1)C(=O)O. The number of carbonyl (C=O) groups is 1. The Balaban J connectivity index is 2.32. The summed E-state index contributed by atoms with van der Waals surface area (Å²) >= 11 is 0. The average molecular weight is 377 g/mol. The van der Waals surface area contributed by atoms with E-state index < -0.39 is 18.0 Å². The van der Waals surface area contributed by atoms with Crippen LogP contribution in [0.1, 0.15) is 36.8 Å². The fraction of sp³-hybridized carbons (Fsp3) is 0.381. The molecule has 0 amide bonds. The quantitative estimate of drug-likeness (QED) is 0.575. The van der Waals surface area contributed by atoms with Crippen LogP contribution in [0.4, 0.5) is 0 Å². The first-order valence-electron chi connectivity index (χ1n) is 9.00. The smallest absolute Gasteiger partial charge is 0.339 e. The molecule has 0 saturated heterocycles. The number of carboxylic acid groups (broad SMARTS) is 1. The predicted molar refractivity (Wildman–Crippen MR) is 101 cm³/mol. The van der Waals surface area contributed by atoms with Crippen molar-refractivity contribution in [2.24, 2.45) is 0 Å². The Hall–Kier alpha value is -3.47. The average Bonchev–Trinajstić information content (AvgIpc) is 2.70. The lowest BCUT2D eigenvalue weighted by Crippen LogP contribution is -2.36. The van der Waals surface area contributed by atoms with Crippen LogP contribution in [-0.4, -0.2) is 47.7 Å². The normalized spacial score (nSPS) is 16.3. The summed E-state index contributed by atoms with van der Waals surface area (Å²) in [5, 5.41) is 36.9. The molecule has 0 aromatic heterocycles. The number of nitriles is 3. The number of benzene rings is 1. The van der Waals surface area contributed by atoms with Crippen LogP contribution in [0, 0.1) is 34.0 Å². The summed E-state index contributed by atoms with van der Waals surface area (Å²) < 4.78 is 7.15. The molecule has 1 aromatic carbocycles. The third-order valence-corrected chi connectivity index (χ3v) is 4.50. The van der Waals surface area contributed by atoms with Crippen molar-refractivity contribution >= 4 is 17.8 Å². The van der Waals surface area contributed by atoms with Gasteiger partial charge in [0.15, 0.2) is 18.7 Å². The minimum Gasteiger partial charge on any atom is -0.479 e. The molecule has 1 atom stereocenters. The second kappa shape index (κ2) is 10.0. The van der Waals surface area contributed by atoms with E-state index in [4.69, 9.17) is 15.3 Å². The first-order valence-corrected chi connectivity index (χ1v) is 9.00. The number of ether oxygens (including phenoxy) is 1. The van der Waals surface area contributed by atoms with Gasteiger partial charge in [0.1, 0.15) is 12.6 Å². The lowest BCUT2D eigenvalue weighted by Gasteiger charge is -2.16. The van der Waals surface area contributed by atoms with E-state index in [-0.39, 0.29) is 6.54 Å². The molecule has 1 aromatic rings. The highest BCUT2D eigenvalue weighted by Crippen LogP contribution is 2.24. The zero-order valence-electron chi connectivity index (χ0n) is 15.6. The van der Waals surface area contributed by atoms with Gasteiger partial charge in [-0.2, -0.15) is 15.8 Å². The van der Waals surface area contributed by atoms with Crippen LogP contribution in [0.5, 0.6) is 0 Å². The second-order valence-electron chi connectivity index (χ2n) is 6.34. The third-order valence-electron chi connectivity index (χ3n) is 4.50. The van der Waals surface area contributed by atoms with Gasteiger partial charge in [-0.1, -0.05) is 24.3 Å². The molecular weight excluding hydrogens is 356 g/mol. The molecular formula is C21H21N4O3+. The van der Waals surface area contributed by atoms with Crippen molar-refractivity contribution in [3.8, 4) is 18.2 Å². The fourth-order valence-corrected chi connectivity index (χ4v) is 3.11. The molecule has 1 aliphatic heterocycles. The molecule has 142 valence electrons. The van der Waals surface area contributed by atoms with E-state index in [1.54, 1.807) is 31.2 Å². The molecule has 0 bridgehead atoms. The van der Waals surface area contributed by atoms with E-state index in [9.17, 15) is 15.2 Å². The first-order chi connectivity index (χ1) is 13.5. The summed E-state index contributed by atoms with van der Waals surface area (Å²) in [5.41, 5.74) is 2.63. The number of rotatable bonds is 7. The van der Waals surface area contributed by atoms with Crippen LogP contribution in [0.2, 0.25) is 0 Å². The minimum atomic E-state index is -1.01. The molecule has 0 fully saturated rings. The van der Waals surface area contributed by atoms with E-state index in [0.29, 0.717) is 36.3 Å². The van der Waals surface area contributed by atoms with Crippen molar-refractivity contribution in [3.05, 3.63) is 41.0 Å². The van der Waals surface area contributed by atoms with E-state index >= 15 is 0 Å². The summed E-state index contributed by atoms with van der Waals surface area (Å²) in [7, 11) is 0. The van der Waals surface area contributed by atoms with Gasteiger partial charge in [-0.25, -0.2) is 9.37 Å². The predicted octanol–water partition coefficient (Wildman–Crippen LogP) is 2.46. The van der Waals surface area contributed by atoms with Gasteiger partial charge in [0.05, 0.1) is 17.7 Å². The number of hydrogen-bond donors (Lipinski definition) is 1. The van der Waals surface area contributed by atoms with Gasteiger partial charge in [0.2, 0.25) is 6.10 Å². The van der Waals surface area contributed by atoms with Crippen LogP contribution in [0.15, 0.2) is 29.8 Å². The molecule has 1 N–H and O–H groups in total. The summed E-state index contributed by atoms with van der Waals surface area (Å²) in [6, 6.07) is 12.9. The summed E-state index contributed by atoms with van der Waals surface area (Å²) in [4.78, 5) is 11.3. The highest BCUT2D eigenvalue weighted by atomic mass is 16.5. The standard InChI is InChI=1S/C21H20N4O3/c1-2-28-20(21(26)27)14-25-9-3-4-17(13-25)19(12-24)16-7-5-15(6-8-16)18(10-22)11-23/h5-8,13,18,20H,2-4,9,14H2,1H3/p+1. The number of nitrogens with zero attached hydrogens (tertiary/aromatic N) is 4. The molecule has 1 unspecified atom stereocenters. The van der Waals surface area contributed by atoms with Crippen LogP contribution in [0.3, 0.4) is 0 Å². The maximum Gasteiger partial charge on any atom is 0.339 e. The Labute approximate surface area is 164 Å². The molecule has 0 radical (unpaired) electrons. The van der Waals surface area contributed by atoms with E-state index in [0.717, 1.165) is 12.0 Å². The van der Waals surface area contributed by atoms with Crippen molar-refractivity contribution in [2.75, 3.05) is 19.7 Å². The fourth-order valence-electron chi connectivity index (χ4n) is 3.11. The number of carboxylic acids is 1. The maximum atomic E-state index is 11.3. The van der Waals surface area contributed by atoms with Crippen molar-refractivity contribution in [1.29, 1.82) is 15.8 Å². The largest absolute Gasteiger partial charge is 0.479 e. The van der Waals surface area contributed by atoms with Gasteiger partial charge < -0.3 is 9.84 Å². The third kappa shape index (κ3) is 5.04. The Kier molecular flexibility index (Phi) is 7.45. The highest BCUT2D eigenvalue weighted by Gasteiger charge is 2.26. The van der Waals surface area contributed by atoms with E-state index in [1.807, 2.05) is 22.9 Å². The van der Waals surface area contributed by atoms with Gasteiger partial charge in [-0.3, -0.25) is 0 Å². The van der Waals surface area contributed by atoms with Crippen molar-refractivity contribution < 1.29 is 19.2 Å². The highest BCUT2D eigenvalue weighted by molar-refractivity contribution is 5.94. The Morgan fingerprint density at radius 1 is 1.25 bits per heavy atom. The lowest BCUT2D eigenvalue weighted by molar-refractivity contribution is -0.533. The Morgan fingerprint density at radius 3 is 2.46 bits per heavy atom. The Bertz CT molecular complexity index is 897. The molecule has 0 spiro atoms. The van der Waals surface area contributed by atoms with Crippen LogP contribution in [0.25, 0.3) is 5.57 Å². The molecule has 0 saturated carbocycles. The molecule has 1 heterocycles. The van der Waals surface area contributed by atoms with Gasteiger partial charge in [-0.15, -0.1) is 0 Å². The van der Waals surface area contributed by atoms with Crippen molar-refractivity contribution in [2.45, 2.75) is 31.8 Å². The van der Waals surface area contributed by atoms with E-state index in [2.05, 4.69) is 6.07 Å². The molecule has 28 heavy (non-hydrogen) atoms. The van der Waals surface area contributed by atoms with Crippen molar-refractivity contribution in [3.63, 3.8) is 0 Å². The van der Waals surface area contributed by atoms with Gasteiger partial charge in [-0.05, 0) is 24.5 Å². The zero-order valence-corrected chi connectivity index (χ0v) is 15.6. The second-order valence-corrected chi connectivity index (χ2v) is 6.34. The van der Waals surface area contributed by atoms with Gasteiger partial charge in [0, 0.05) is 18.6 Å². The van der Waals surface area contributed by atoms with Crippen LogP contribution in [-0.2, 0) is 9.53 Å². The number of aliphatic carboxylic acids is 1. The molecule has 7 heteroatoms. The monoisotopic (exact) mass is 377 g/mol. The zero-order chi connectivity index (χ0) is 20.5. The summed E-state index contributed by atoms with van der Waals surface area (Å²) in [6.45, 7) is 2.98. The summed E-state index contributed by atoms with van der Waals surface area (Å²) in [6.07, 6.45) is 2.43. The molecule has 2 rings (SSSR count). The van der Waals surface area contributed by atoms with Crippen LogP contribution < -0.4 is 0 Å².